The largest absolute Gasteiger partial charge is 0.507 e. The number of rotatable bonds is 5. The summed E-state index contributed by atoms with van der Waals surface area (Å²) >= 11 is 1.09. The van der Waals surface area contributed by atoms with Gasteiger partial charge < -0.3 is 9.84 Å². The summed E-state index contributed by atoms with van der Waals surface area (Å²) in [4.78, 5) is 11.6. The van der Waals surface area contributed by atoms with Gasteiger partial charge in [0.1, 0.15) is 5.75 Å². The first kappa shape index (κ1) is 15.1. The molecule has 0 saturated heterocycles. The molecule has 1 aromatic carbocycles. The number of thioether (sulfide) groups is 1. The molecule has 0 aliphatic carbocycles. The van der Waals surface area contributed by atoms with Crippen molar-refractivity contribution in [2.24, 2.45) is 5.92 Å². The van der Waals surface area contributed by atoms with E-state index in [4.69, 9.17) is 4.74 Å². The first-order chi connectivity index (χ1) is 8.47. The molecular weight excluding hydrogens is 248 g/mol. The Morgan fingerprint density at radius 3 is 2.61 bits per heavy atom. The molecule has 0 radical (unpaired) electrons. The van der Waals surface area contributed by atoms with Crippen LogP contribution in [0.4, 0.5) is 0 Å². The molecule has 1 N–H and O–H groups in total. The van der Waals surface area contributed by atoms with Gasteiger partial charge in [-0.25, -0.2) is 0 Å². The molecule has 0 aromatic heterocycles. The lowest BCUT2D eigenvalue weighted by Crippen LogP contribution is -2.07. The van der Waals surface area contributed by atoms with Crippen molar-refractivity contribution in [1.29, 1.82) is 0 Å². The minimum absolute atomic E-state index is 0.0353. The number of benzene rings is 1. The zero-order valence-electron chi connectivity index (χ0n) is 11.3. The molecule has 0 aliphatic rings. The van der Waals surface area contributed by atoms with Crippen molar-refractivity contribution in [2.45, 2.75) is 26.9 Å². The van der Waals surface area contributed by atoms with E-state index in [0.29, 0.717) is 23.7 Å². The lowest BCUT2D eigenvalue weighted by Gasteiger charge is -2.17. The Balaban J connectivity index is 2.92. The van der Waals surface area contributed by atoms with E-state index < -0.39 is 0 Å². The Morgan fingerprint density at radius 1 is 1.39 bits per heavy atom. The van der Waals surface area contributed by atoms with Crippen LogP contribution in [0.3, 0.4) is 0 Å². The first-order valence-corrected chi connectivity index (χ1v) is 7.21. The van der Waals surface area contributed by atoms with Gasteiger partial charge >= 0.3 is 0 Å². The Labute approximate surface area is 113 Å². The van der Waals surface area contributed by atoms with Gasteiger partial charge in [0.05, 0.1) is 11.7 Å². The maximum absolute atomic E-state index is 11.6. The van der Waals surface area contributed by atoms with Crippen LogP contribution in [0.25, 0.3) is 0 Å². The average molecular weight is 268 g/mol. The standard InChI is InChI=1S/C14H20O3S/c1-9(2)8-17-10(3)11-6-5-7-12(13(11)15)14(16)18-4/h5-7,9-10,15H,8H2,1-4H3/t10-/m0/s1. The van der Waals surface area contributed by atoms with E-state index in [1.54, 1.807) is 24.5 Å². The molecule has 1 rings (SSSR count). The van der Waals surface area contributed by atoms with Gasteiger partial charge in [-0.05, 0) is 25.2 Å². The van der Waals surface area contributed by atoms with E-state index in [2.05, 4.69) is 13.8 Å². The van der Waals surface area contributed by atoms with Crippen LogP contribution in [0.15, 0.2) is 18.2 Å². The summed E-state index contributed by atoms with van der Waals surface area (Å²) in [5, 5.41) is 9.98. The number of para-hydroxylation sites is 1. The summed E-state index contributed by atoms with van der Waals surface area (Å²) in [6, 6.07) is 5.19. The SMILES string of the molecule is CSC(=O)c1cccc([C@H](C)OCC(C)C)c1O. The quantitative estimate of drug-likeness (QED) is 0.885. The number of carbonyl (C=O) groups is 1. The van der Waals surface area contributed by atoms with Crippen molar-refractivity contribution < 1.29 is 14.6 Å². The third-order valence-corrected chi connectivity index (χ3v) is 3.18. The topological polar surface area (TPSA) is 46.5 Å². The van der Waals surface area contributed by atoms with E-state index in [1.807, 2.05) is 6.92 Å². The van der Waals surface area contributed by atoms with Crippen LogP contribution in [0.2, 0.25) is 0 Å². The Hall–Kier alpha value is -1.00. The van der Waals surface area contributed by atoms with Crippen molar-refractivity contribution in [1.82, 2.24) is 0 Å². The number of hydrogen-bond donors (Lipinski definition) is 1. The summed E-state index contributed by atoms with van der Waals surface area (Å²) in [5.74, 6) is 0.471. The third-order valence-electron chi connectivity index (χ3n) is 2.59. The Morgan fingerprint density at radius 2 is 2.06 bits per heavy atom. The van der Waals surface area contributed by atoms with Crippen molar-refractivity contribution in [3.63, 3.8) is 0 Å². The molecule has 1 atom stereocenters. The summed E-state index contributed by atoms with van der Waals surface area (Å²) in [5.41, 5.74) is 1.01. The highest BCUT2D eigenvalue weighted by Gasteiger charge is 2.17. The van der Waals surface area contributed by atoms with Crippen LogP contribution in [0, 0.1) is 5.92 Å². The molecule has 0 amide bonds. The van der Waals surface area contributed by atoms with Crippen molar-refractivity contribution in [3.05, 3.63) is 29.3 Å². The average Bonchev–Trinajstić information content (AvgIpc) is 2.35. The molecule has 0 fully saturated rings. The number of carbonyl (C=O) groups excluding carboxylic acids is 1. The van der Waals surface area contributed by atoms with Crippen molar-refractivity contribution in [2.75, 3.05) is 12.9 Å². The molecule has 18 heavy (non-hydrogen) atoms. The molecular formula is C14H20O3S. The second-order valence-corrected chi connectivity index (χ2v) is 5.38. The van der Waals surface area contributed by atoms with E-state index in [-0.39, 0.29) is 17.0 Å². The first-order valence-electron chi connectivity index (χ1n) is 5.99. The molecule has 3 nitrogen and oxygen atoms in total. The van der Waals surface area contributed by atoms with Crippen LogP contribution >= 0.6 is 11.8 Å². The maximum atomic E-state index is 11.6. The van der Waals surface area contributed by atoms with Crippen LogP contribution in [0.5, 0.6) is 5.75 Å². The third kappa shape index (κ3) is 3.75. The van der Waals surface area contributed by atoms with Gasteiger partial charge in [0.2, 0.25) is 5.12 Å². The van der Waals surface area contributed by atoms with Gasteiger partial charge in [0, 0.05) is 12.2 Å². The summed E-state index contributed by atoms with van der Waals surface area (Å²) in [6.45, 7) is 6.65. The van der Waals surface area contributed by atoms with E-state index in [1.165, 1.54) is 0 Å². The maximum Gasteiger partial charge on any atom is 0.222 e. The lowest BCUT2D eigenvalue weighted by atomic mass is 10.1. The summed E-state index contributed by atoms with van der Waals surface area (Å²) < 4.78 is 5.66. The number of phenols is 1. The molecule has 1 aromatic rings. The number of ether oxygens (including phenoxy) is 1. The van der Waals surface area contributed by atoms with Crippen LogP contribution in [-0.2, 0) is 4.74 Å². The predicted octanol–water partition coefficient (Wildman–Crippen LogP) is 3.63. The summed E-state index contributed by atoms with van der Waals surface area (Å²) in [6.07, 6.45) is 1.48. The molecule has 4 heteroatoms. The summed E-state index contributed by atoms with van der Waals surface area (Å²) in [7, 11) is 0. The highest BCUT2D eigenvalue weighted by molar-refractivity contribution is 8.13. The second-order valence-electron chi connectivity index (χ2n) is 4.60. The smallest absolute Gasteiger partial charge is 0.222 e. The fourth-order valence-electron chi connectivity index (χ4n) is 1.59. The molecule has 100 valence electrons. The highest BCUT2D eigenvalue weighted by atomic mass is 32.2. The fraction of sp³-hybridized carbons (Fsp3) is 0.500. The Bertz CT molecular complexity index is 416. The lowest BCUT2D eigenvalue weighted by molar-refractivity contribution is 0.0455. The van der Waals surface area contributed by atoms with Gasteiger partial charge in [-0.15, -0.1) is 0 Å². The molecule has 0 spiro atoms. The molecule has 0 saturated carbocycles. The number of phenolic OH excluding ortho intramolecular Hbond substituents is 1. The number of hydrogen-bond acceptors (Lipinski definition) is 4. The fourth-order valence-corrected chi connectivity index (χ4v) is 1.98. The van der Waals surface area contributed by atoms with Gasteiger partial charge in [-0.2, -0.15) is 0 Å². The number of aromatic hydroxyl groups is 1. The van der Waals surface area contributed by atoms with E-state index in [0.717, 1.165) is 11.8 Å². The second kappa shape index (κ2) is 6.81. The highest BCUT2D eigenvalue weighted by Crippen LogP contribution is 2.31. The van der Waals surface area contributed by atoms with Crippen molar-refractivity contribution in [3.8, 4) is 5.75 Å². The van der Waals surface area contributed by atoms with E-state index in [9.17, 15) is 9.90 Å². The van der Waals surface area contributed by atoms with Crippen LogP contribution < -0.4 is 0 Å². The van der Waals surface area contributed by atoms with Gasteiger partial charge in [-0.1, -0.05) is 37.7 Å². The van der Waals surface area contributed by atoms with Gasteiger partial charge in [0.15, 0.2) is 0 Å². The normalized spacial score (nSPS) is 12.7. The minimum atomic E-state index is -0.220. The van der Waals surface area contributed by atoms with Crippen LogP contribution in [-0.4, -0.2) is 23.1 Å². The van der Waals surface area contributed by atoms with Gasteiger partial charge in [-0.3, -0.25) is 4.79 Å². The van der Waals surface area contributed by atoms with Gasteiger partial charge in [0.25, 0.3) is 0 Å². The molecule has 0 aliphatic heterocycles. The van der Waals surface area contributed by atoms with Crippen molar-refractivity contribution >= 4 is 16.9 Å². The zero-order valence-corrected chi connectivity index (χ0v) is 12.1. The van der Waals surface area contributed by atoms with Crippen LogP contribution in [0.1, 0.15) is 42.8 Å². The Kier molecular flexibility index (Phi) is 5.69. The molecule has 0 bridgehead atoms. The monoisotopic (exact) mass is 268 g/mol. The van der Waals surface area contributed by atoms with E-state index >= 15 is 0 Å². The minimum Gasteiger partial charge on any atom is -0.507 e. The molecule has 0 heterocycles. The molecule has 0 unspecified atom stereocenters. The predicted molar refractivity (Wildman–Crippen MR) is 75.2 cm³/mol. The zero-order chi connectivity index (χ0) is 13.7.